The first kappa shape index (κ1) is 15.1. The van der Waals surface area contributed by atoms with Crippen LogP contribution in [0.25, 0.3) is 0 Å². The minimum atomic E-state index is -0.246. The number of rotatable bonds is 5. The SMILES string of the molecule is CSC(CO)C(C)NC(=O)c1cc(N)cc(Cl)c1. The molecule has 4 N–H and O–H groups in total. The number of nitrogens with two attached hydrogens (primary N) is 1. The van der Waals surface area contributed by atoms with Crippen LogP contribution in [0.1, 0.15) is 17.3 Å². The Morgan fingerprint density at radius 1 is 1.56 bits per heavy atom. The minimum absolute atomic E-state index is 0.0142. The van der Waals surface area contributed by atoms with Crippen LogP contribution >= 0.6 is 23.4 Å². The summed E-state index contributed by atoms with van der Waals surface area (Å²) in [5.41, 5.74) is 6.50. The quantitative estimate of drug-likeness (QED) is 0.722. The Balaban J connectivity index is 2.76. The second-order valence-corrected chi connectivity index (χ2v) is 5.51. The molecule has 6 heteroatoms. The van der Waals surface area contributed by atoms with Crippen LogP contribution < -0.4 is 11.1 Å². The molecule has 0 spiro atoms. The standard InChI is InChI=1S/C12H17ClN2O2S/c1-7(11(6-16)18-2)15-12(17)8-3-9(13)5-10(14)4-8/h3-5,7,11,16H,6,14H2,1-2H3,(H,15,17). The van der Waals surface area contributed by atoms with Crippen molar-refractivity contribution in [2.45, 2.75) is 18.2 Å². The van der Waals surface area contributed by atoms with Gasteiger partial charge in [-0.15, -0.1) is 0 Å². The molecule has 0 saturated heterocycles. The highest BCUT2D eigenvalue weighted by atomic mass is 35.5. The van der Waals surface area contributed by atoms with E-state index in [-0.39, 0.29) is 23.8 Å². The number of aliphatic hydroxyl groups is 1. The summed E-state index contributed by atoms with van der Waals surface area (Å²) in [6.07, 6.45) is 1.89. The van der Waals surface area contributed by atoms with Crippen LogP contribution in [0.15, 0.2) is 18.2 Å². The van der Waals surface area contributed by atoms with E-state index in [0.29, 0.717) is 16.3 Å². The number of benzene rings is 1. The van der Waals surface area contributed by atoms with Gasteiger partial charge >= 0.3 is 0 Å². The Bertz CT molecular complexity index is 404. The number of nitrogen functional groups attached to an aromatic ring is 1. The lowest BCUT2D eigenvalue weighted by atomic mass is 10.1. The summed E-state index contributed by atoms with van der Waals surface area (Å²) in [5.74, 6) is -0.246. The van der Waals surface area contributed by atoms with Crippen molar-refractivity contribution in [3.05, 3.63) is 28.8 Å². The topological polar surface area (TPSA) is 75.3 Å². The number of hydrogen-bond acceptors (Lipinski definition) is 4. The van der Waals surface area contributed by atoms with Gasteiger partial charge in [-0.3, -0.25) is 4.79 Å². The van der Waals surface area contributed by atoms with E-state index in [9.17, 15) is 4.79 Å². The summed E-state index contributed by atoms with van der Waals surface area (Å²) in [6.45, 7) is 1.86. The zero-order valence-electron chi connectivity index (χ0n) is 10.3. The normalized spacial score (nSPS) is 14.0. The number of amides is 1. The maximum Gasteiger partial charge on any atom is 0.251 e. The molecule has 4 nitrogen and oxygen atoms in total. The Labute approximate surface area is 116 Å². The highest BCUT2D eigenvalue weighted by Gasteiger charge is 2.18. The first-order valence-corrected chi connectivity index (χ1v) is 7.15. The number of anilines is 1. The molecule has 0 radical (unpaired) electrons. The predicted molar refractivity (Wildman–Crippen MR) is 77.2 cm³/mol. The van der Waals surface area contributed by atoms with Crippen LogP contribution in [0.3, 0.4) is 0 Å². The summed E-state index contributed by atoms with van der Waals surface area (Å²) in [7, 11) is 0. The van der Waals surface area contributed by atoms with Crippen molar-refractivity contribution >= 4 is 35.0 Å². The second kappa shape index (κ2) is 6.87. The average Bonchev–Trinajstić information content (AvgIpc) is 2.29. The molecule has 1 aromatic carbocycles. The zero-order chi connectivity index (χ0) is 13.7. The number of hydrogen-bond donors (Lipinski definition) is 3. The smallest absolute Gasteiger partial charge is 0.251 e. The Hall–Kier alpha value is -0.910. The maximum absolute atomic E-state index is 12.0. The molecule has 0 aliphatic heterocycles. The zero-order valence-corrected chi connectivity index (χ0v) is 11.9. The number of carbonyl (C=O) groups is 1. The van der Waals surface area contributed by atoms with Crippen LogP contribution in [0.4, 0.5) is 5.69 Å². The van der Waals surface area contributed by atoms with Crippen molar-refractivity contribution in [2.24, 2.45) is 0 Å². The minimum Gasteiger partial charge on any atom is -0.399 e. The second-order valence-electron chi connectivity index (χ2n) is 3.99. The van der Waals surface area contributed by atoms with E-state index in [1.54, 1.807) is 18.2 Å². The Kier molecular flexibility index (Phi) is 5.78. The highest BCUT2D eigenvalue weighted by Crippen LogP contribution is 2.17. The van der Waals surface area contributed by atoms with Gasteiger partial charge in [0, 0.05) is 27.6 Å². The van der Waals surface area contributed by atoms with Crippen molar-refractivity contribution in [3.8, 4) is 0 Å². The van der Waals surface area contributed by atoms with E-state index in [1.807, 2.05) is 13.2 Å². The lowest BCUT2D eigenvalue weighted by Crippen LogP contribution is -2.41. The van der Waals surface area contributed by atoms with Crippen molar-refractivity contribution in [1.29, 1.82) is 0 Å². The van der Waals surface area contributed by atoms with E-state index in [1.165, 1.54) is 11.8 Å². The molecule has 1 aromatic rings. The molecular weight excluding hydrogens is 272 g/mol. The molecule has 18 heavy (non-hydrogen) atoms. The first-order chi connectivity index (χ1) is 8.47. The fraction of sp³-hybridized carbons (Fsp3) is 0.417. The van der Waals surface area contributed by atoms with Crippen molar-refractivity contribution in [2.75, 3.05) is 18.6 Å². The Morgan fingerprint density at radius 3 is 2.72 bits per heavy atom. The third-order valence-corrected chi connectivity index (χ3v) is 3.96. The molecule has 0 aromatic heterocycles. The van der Waals surface area contributed by atoms with E-state index >= 15 is 0 Å². The molecule has 2 unspecified atom stereocenters. The molecular formula is C12H17ClN2O2S. The molecule has 0 fully saturated rings. The fourth-order valence-electron chi connectivity index (χ4n) is 1.56. The molecule has 0 bridgehead atoms. The lowest BCUT2D eigenvalue weighted by molar-refractivity contribution is 0.0936. The van der Waals surface area contributed by atoms with E-state index in [0.717, 1.165) is 0 Å². The predicted octanol–water partition coefficient (Wildman–Crippen LogP) is 1.76. The molecule has 0 aliphatic carbocycles. The van der Waals surface area contributed by atoms with Gasteiger partial charge in [-0.25, -0.2) is 0 Å². The van der Waals surface area contributed by atoms with Gasteiger partial charge in [0.05, 0.1) is 6.61 Å². The van der Waals surface area contributed by atoms with Gasteiger partial charge in [0.1, 0.15) is 0 Å². The van der Waals surface area contributed by atoms with Crippen molar-refractivity contribution in [3.63, 3.8) is 0 Å². The van der Waals surface area contributed by atoms with Crippen LogP contribution in [0.5, 0.6) is 0 Å². The largest absolute Gasteiger partial charge is 0.399 e. The number of nitrogens with one attached hydrogen (secondary N) is 1. The number of halogens is 1. The Morgan fingerprint density at radius 2 is 2.22 bits per heavy atom. The molecule has 1 rings (SSSR count). The molecule has 0 aliphatic rings. The van der Waals surface area contributed by atoms with Crippen molar-refractivity contribution < 1.29 is 9.90 Å². The average molecular weight is 289 g/mol. The van der Waals surface area contributed by atoms with Gasteiger partial charge in [0.15, 0.2) is 0 Å². The van der Waals surface area contributed by atoms with E-state index in [4.69, 9.17) is 22.4 Å². The fourth-order valence-corrected chi connectivity index (χ4v) is 2.43. The van der Waals surface area contributed by atoms with Gasteiger partial charge in [-0.05, 0) is 31.4 Å². The highest BCUT2D eigenvalue weighted by molar-refractivity contribution is 7.99. The number of thioether (sulfide) groups is 1. The molecule has 1 amide bonds. The number of aliphatic hydroxyl groups excluding tert-OH is 1. The van der Waals surface area contributed by atoms with E-state index < -0.39 is 0 Å². The molecule has 0 heterocycles. The summed E-state index contributed by atoms with van der Waals surface area (Å²) in [4.78, 5) is 12.0. The van der Waals surface area contributed by atoms with Gasteiger partial charge in [0.2, 0.25) is 0 Å². The van der Waals surface area contributed by atoms with Crippen LogP contribution in [0.2, 0.25) is 5.02 Å². The maximum atomic E-state index is 12.0. The summed E-state index contributed by atoms with van der Waals surface area (Å²) in [5, 5.41) is 12.4. The molecule has 100 valence electrons. The summed E-state index contributed by atoms with van der Waals surface area (Å²) >= 11 is 7.35. The van der Waals surface area contributed by atoms with Gasteiger partial charge < -0.3 is 16.2 Å². The van der Waals surface area contributed by atoms with Gasteiger partial charge in [-0.1, -0.05) is 11.6 Å². The monoisotopic (exact) mass is 288 g/mol. The van der Waals surface area contributed by atoms with Crippen molar-refractivity contribution in [1.82, 2.24) is 5.32 Å². The van der Waals surface area contributed by atoms with Gasteiger partial charge in [0.25, 0.3) is 5.91 Å². The van der Waals surface area contributed by atoms with Crippen LogP contribution in [-0.4, -0.2) is 35.2 Å². The van der Waals surface area contributed by atoms with Crippen LogP contribution in [-0.2, 0) is 0 Å². The van der Waals surface area contributed by atoms with E-state index in [2.05, 4.69) is 5.32 Å². The summed E-state index contributed by atoms with van der Waals surface area (Å²) < 4.78 is 0. The first-order valence-electron chi connectivity index (χ1n) is 5.48. The number of carbonyl (C=O) groups excluding carboxylic acids is 1. The summed E-state index contributed by atoms with van der Waals surface area (Å²) in [6, 6.07) is 4.58. The molecule has 2 atom stereocenters. The molecule has 0 saturated carbocycles. The van der Waals surface area contributed by atoms with Crippen LogP contribution in [0, 0.1) is 0 Å². The van der Waals surface area contributed by atoms with Gasteiger partial charge in [-0.2, -0.15) is 11.8 Å². The third-order valence-electron chi connectivity index (χ3n) is 2.58. The third kappa shape index (κ3) is 4.08. The lowest BCUT2D eigenvalue weighted by Gasteiger charge is -2.21.